The van der Waals surface area contributed by atoms with Gasteiger partial charge in [-0.2, -0.15) is 0 Å². The van der Waals surface area contributed by atoms with Gasteiger partial charge in [-0.3, -0.25) is 4.79 Å². The van der Waals surface area contributed by atoms with Crippen molar-refractivity contribution in [3.05, 3.63) is 35.5 Å². The molecule has 0 bridgehead atoms. The van der Waals surface area contributed by atoms with Crippen LogP contribution >= 0.6 is 0 Å². The van der Waals surface area contributed by atoms with E-state index < -0.39 is 0 Å². The lowest BCUT2D eigenvalue weighted by Crippen LogP contribution is -2.11. The van der Waals surface area contributed by atoms with Gasteiger partial charge in [-0.25, -0.2) is 0 Å². The highest BCUT2D eigenvalue weighted by atomic mass is 16.5. The van der Waals surface area contributed by atoms with Crippen LogP contribution in [0.4, 0.5) is 0 Å². The molecule has 1 atom stereocenters. The first-order valence-corrected chi connectivity index (χ1v) is 6.50. The lowest BCUT2D eigenvalue weighted by atomic mass is 9.98. The first-order valence-electron chi connectivity index (χ1n) is 6.50. The normalized spacial score (nSPS) is 16.7. The highest BCUT2D eigenvalue weighted by Crippen LogP contribution is 2.33. The maximum atomic E-state index is 9.87. The summed E-state index contributed by atoms with van der Waals surface area (Å²) in [6.45, 7) is 5.71. The number of hydrogen-bond donors (Lipinski definition) is 1. The molecule has 4 nitrogen and oxygen atoms in total. The van der Waals surface area contributed by atoms with Crippen LogP contribution in [0.15, 0.2) is 24.4 Å². The average Bonchev–Trinajstić information content (AvgIpc) is 2.83. The van der Waals surface area contributed by atoms with Crippen LogP contribution in [-0.2, 0) is 16.1 Å². The van der Waals surface area contributed by atoms with Gasteiger partial charge in [-0.15, -0.1) is 0 Å². The van der Waals surface area contributed by atoms with Crippen LogP contribution in [0, 0.1) is 6.92 Å². The van der Waals surface area contributed by atoms with Crippen LogP contribution in [0.1, 0.15) is 30.6 Å². The number of ether oxygens (including phenoxy) is 1. The number of hydrogen-bond acceptors (Lipinski definition) is 3. The third-order valence-corrected chi connectivity index (χ3v) is 3.41. The molecule has 2 aromatic rings. The molecule has 1 unspecified atom stereocenters. The van der Waals surface area contributed by atoms with Gasteiger partial charge < -0.3 is 14.4 Å². The van der Waals surface area contributed by atoms with Gasteiger partial charge in [0.15, 0.2) is 0 Å². The van der Waals surface area contributed by atoms with E-state index in [4.69, 9.17) is 0 Å². The Bertz CT molecular complexity index is 574. The quantitative estimate of drug-likeness (QED) is 0.845. The van der Waals surface area contributed by atoms with E-state index in [1.54, 1.807) is 6.92 Å². The van der Waals surface area contributed by atoms with Gasteiger partial charge in [0.25, 0.3) is 6.47 Å². The van der Waals surface area contributed by atoms with E-state index in [1.165, 1.54) is 16.5 Å². The molecular formula is C15H19NO3. The Balaban J connectivity index is 0.000000232. The van der Waals surface area contributed by atoms with Crippen molar-refractivity contribution >= 4 is 17.4 Å². The Morgan fingerprint density at radius 3 is 2.89 bits per heavy atom. The summed E-state index contributed by atoms with van der Waals surface area (Å²) in [6.07, 6.45) is 2.67. The molecule has 1 aromatic carbocycles. The molecule has 1 aliphatic heterocycles. The summed E-state index contributed by atoms with van der Waals surface area (Å²) in [5.74, 6) is 0. The molecule has 1 aliphatic rings. The molecule has 4 heteroatoms. The summed E-state index contributed by atoms with van der Waals surface area (Å²) in [5.41, 5.74) is 3.60. The molecule has 0 radical (unpaired) electrons. The third kappa shape index (κ3) is 2.63. The van der Waals surface area contributed by atoms with Crippen LogP contribution in [0.5, 0.6) is 0 Å². The van der Waals surface area contributed by atoms with Gasteiger partial charge in [-0.1, -0.05) is 12.1 Å². The second-order valence-electron chi connectivity index (χ2n) is 4.60. The van der Waals surface area contributed by atoms with E-state index in [0.29, 0.717) is 13.1 Å². The highest BCUT2D eigenvalue weighted by Gasteiger charge is 2.19. The topological polar surface area (TPSA) is 51.5 Å². The predicted molar refractivity (Wildman–Crippen MR) is 73.9 cm³/mol. The molecule has 102 valence electrons. The van der Waals surface area contributed by atoms with Gasteiger partial charge in [0.05, 0.1) is 18.2 Å². The Labute approximate surface area is 112 Å². The van der Waals surface area contributed by atoms with Crippen molar-refractivity contribution < 1.29 is 14.6 Å². The zero-order valence-electron chi connectivity index (χ0n) is 11.3. The predicted octanol–water partition coefficient (Wildman–Crippen LogP) is 2.57. The molecule has 0 amide bonds. The van der Waals surface area contributed by atoms with Crippen molar-refractivity contribution in [1.29, 1.82) is 0 Å². The Morgan fingerprint density at radius 2 is 2.26 bits per heavy atom. The summed E-state index contributed by atoms with van der Waals surface area (Å²) in [5, 5.41) is 11.1. The molecule has 0 aliphatic carbocycles. The molecule has 0 saturated carbocycles. The minimum absolute atomic E-state index is 0.277. The number of carbonyl (C=O) groups excluding carboxylic acids is 1. The molecule has 0 spiro atoms. The minimum atomic E-state index is -0.277. The molecule has 1 N–H and O–H groups in total. The third-order valence-electron chi connectivity index (χ3n) is 3.41. The number of aliphatic hydroxyl groups is 1. The van der Waals surface area contributed by atoms with Crippen LogP contribution < -0.4 is 0 Å². The number of aryl methyl sites for hydroxylation is 2. The lowest BCUT2D eigenvalue weighted by Gasteiger charge is -2.21. The van der Waals surface area contributed by atoms with Gasteiger partial charge in [0.1, 0.15) is 0 Å². The van der Waals surface area contributed by atoms with Crippen molar-refractivity contribution in [1.82, 2.24) is 4.57 Å². The summed E-state index contributed by atoms with van der Waals surface area (Å²) in [7, 11) is 0. The average molecular weight is 261 g/mol. The van der Waals surface area contributed by atoms with Gasteiger partial charge in [0, 0.05) is 23.7 Å². The van der Waals surface area contributed by atoms with Crippen LogP contribution in [0.3, 0.4) is 0 Å². The molecule has 2 heterocycles. The summed E-state index contributed by atoms with van der Waals surface area (Å²) >= 11 is 0. The Kier molecular flexibility index (Phi) is 4.22. The standard InChI is InChI=1S/C12H13NO.C3H6O2/c1-8-2-3-10-11(14)5-7-13-6-4-9(8)12(10)13;1-2-5-3-4/h2-4,6,11,14H,5,7H2,1H3;3H,2H2,1H3. The molecule has 0 saturated heterocycles. The zero-order valence-corrected chi connectivity index (χ0v) is 11.3. The van der Waals surface area contributed by atoms with E-state index in [9.17, 15) is 9.90 Å². The molecule has 1 aromatic heterocycles. The van der Waals surface area contributed by atoms with Crippen molar-refractivity contribution in [2.45, 2.75) is 32.9 Å². The van der Waals surface area contributed by atoms with E-state index in [1.807, 2.05) is 0 Å². The van der Waals surface area contributed by atoms with E-state index in [0.717, 1.165) is 18.5 Å². The summed E-state index contributed by atoms with van der Waals surface area (Å²) in [6, 6.07) is 6.29. The Hall–Kier alpha value is -1.81. The van der Waals surface area contributed by atoms with Crippen LogP contribution in [0.2, 0.25) is 0 Å². The molecule has 3 rings (SSSR count). The fourth-order valence-corrected chi connectivity index (χ4v) is 2.44. The number of benzene rings is 1. The summed E-state index contributed by atoms with van der Waals surface area (Å²) < 4.78 is 6.39. The monoisotopic (exact) mass is 261 g/mol. The number of aromatic nitrogens is 1. The number of carbonyl (C=O) groups is 1. The van der Waals surface area contributed by atoms with Gasteiger partial charge in [0.2, 0.25) is 0 Å². The minimum Gasteiger partial charge on any atom is -0.468 e. The van der Waals surface area contributed by atoms with Gasteiger partial charge >= 0.3 is 0 Å². The van der Waals surface area contributed by atoms with Crippen molar-refractivity contribution in [2.24, 2.45) is 0 Å². The zero-order chi connectivity index (χ0) is 13.8. The fourth-order valence-electron chi connectivity index (χ4n) is 2.44. The Morgan fingerprint density at radius 1 is 1.47 bits per heavy atom. The molecule has 19 heavy (non-hydrogen) atoms. The molecule has 0 fully saturated rings. The SMILES string of the molecule is CCOC=O.Cc1ccc2c3c1ccn3CCC2O. The second kappa shape index (κ2) is 5.89. The van der Waals surface area contributed by atoms with Crippen molar-refractivity contribution in [2.75, 3.05) is 6.61 Å². The highest BCUT2D eigenvalue weighted by molar-refractivity contribution is 5.87. The summed E-state index contributed by atoms with van der Waals surface area (Å²) in [4.78, 5) is 9.18. The maximum absolute atomic E-state index is 9.87. The lowest BCUT2D eigenvalue weighted by molar-refractivity contribution is -0.128. The van der Waals surface area contributed by atoms with E-state index in [2.05, 4.69) is 40.6 Å². The maximum Gasteiger partial charge on any atom is 0.293 e. The number of aliphatic hydroxyl groups excluding tert-OH is 1. The van der Waals surface area contributed by atoms with E-state index >= 15 is 0 Å². The smallest absolute Gasteiger partial charge is 0.293 e. The van der Waals surface area contributed by atoms with E-state index in [-0.39, 0.29) is 6.10 Å². The van der Waals surface area contributed by atoms with Crippen molar-refractivity contribution in [3.8, 4) is 0 Å². The first kappa shape index (κ1) is 13.6. The first-order chi connectivity index (χ1) is 9.19. The largest absolute Gasteiger partial charge is 0.468 e. The number of nitrogens with zero attached hydrogens (tertiary/aromatic N) is 1. The second-order valence-corrected chi connectivity index (χ2v) is 4.60. The van der Waals surface area contributed by atoms with Crippen LogP contribution in [0.25, 0.3) is 10.9 Å². The number of rotatable bonds is 2. The van der Waals surface area contributed by atoms with Gasteiger partial charge in [-0.05, 0) is 31.9 Å². The van der Waals surface area contributed by atoms with Crippen LogP contribution in [-0.4, -0.2) is 22.8 Å². The van der Waals surface area contributed by atoms with Crippen molar-refractivity contribution in [3.63, 3.8) is 0 Å². The molecular weight excluding hydrogens is 242 g/mol. The fraction of sp³-hybridized carbons (Fsp3) is 0.400.